The first kappa shape index (κ1) is 18.9. The van der Waals surface area contributed by atoms with Gasteiger partial charge in [0, 0.05) is 23.6 Å². The zero-order valence-electron chi connectivity index (χ0n) is 14.2. The van der Waals surface area contributed by atoms with E-state index in [4.69, 9.17) is 0 Å². The minimum atomic E-state index is -1.00. The van der Waals surface area contributed by atoms with E-state index in [-0.39, 0.29) is 5.69 Å². The van der Waals surface area contributed by atoms with E-state index < -0.39 is 10.5 Å². The molecule has 2 aromatic rings. The molecule has 0 aliphatic heterocycles. The molecule has 0 saturated carbocycles. The number of nitro benzene ring substituents is 1. The molecular formula is C17H22N4O3S. The highest BCUT2D eigenvalue weighted by Crippen LogP contribution is 2.24. The highest BCUT2D eigenvalue weighted by molar-refractivity contribution is 7.10. The minimum absolute atomic E-state index is 0.0475. The number of aliphatic hydroxyl groups is 1. The molecule has 0 saturated heterocycles. The molecule has 1 heterocycles. The Morgan fingerprint density at radius 2 is 2.16 bits per heavy atom. The molecule has 0 radical (unpaired) electrons. The fourth-order valence-electron chi connectivity index (χ4n) is 2.21. The van der Waals surface area contributed by atoms with Crippen LogP contribution in [0, 0.1) is 10.1 Å². The molecule has 7 nitrogen and oxygen atoms in total. The first-order valence-corrected chi connectivity index (χ1v) is 8.82. The van der Waals surface area contributed by atoms with Crippen LogP contribution >= 0.6 is 11.3 Å². The third-order valence-electron chi connectivity index (χ3n) is 3.54. The lowest BCUT2D eigenvalue weighted by atomic mass is 10.1. The summed E-state index contributed by atoms with van der Waals surface area (Å²) in [6.45, 7) is 4.96. The lowest BCUT2D eigenvalue weighted by molar-refractivity contribution is -0.384. The molecule has 0 aliphatic rings. The zero-order valence-corrected chi connectivity index (χ0v) is 15.0. The van der Waals surface area contributed by atoms with E-state index in [1.807, 2.05) is 24.4 Å². The molecule has 8 heteroatoms. The van der Waals surface area contributed by atoms with Gasteiger partial charge in [0.25, 0.3) is 5.69 Å². The van der Waals surface area contributed by atoms with E-state index in [1.165, 1.54) is 23.5 Å². The maximum absolute atomic E-state index is 10.8. The summed E-state index contributed by atoms with van der Waals surface area (Å²) in [6, 6.07) is 10.2. The van der Waals surface area contributed by atoms with Crippen LogP contribution in [0.4, 0.5) is 5.69 Å². The third-order valence-corrected chi connectivity index (χ3v) is 4.66. The van der Waals surface area contributed by atoms with Crippen molar-refractivity contribution in [3.05, 3.63) is 62.3 Å². The van der Waals surface area contributed by atoms with Gasteiger partial charge < -0.3 is 15.7 Å². The molecule has 0 amide bonds. The van der Waals surface area contributed by atoms with Crippen LogP contribution in [-0.4, -0.2) is 29.1 Å². The third kappa shape index (κ3) is 5.54. The fourth-order valence-corrected chi connectivity index (χ4v) is 3.00. The molecule has 0 bridgehead atoms. The number of nitrogens with one attached hydrogen (secondary N) is 2. The number of rotatable bonds is 7. The number of benzene rings is 1. The summed E-state index contributed by atoms with van der Waals surface area (Å²) in [5.41, 5.74) is -0.210. The van der Waals surface area contributed by atoms with Crippen LogP contribution in [0.15, 0.2) is 46.8 Å². The van der Waals surface area contributed by atoms with Crippen LogP contribution < -0.4 is 10.6 Å². The Hall–Kier alpha value is -2.45. The average Bonchev–Trinajstić information content (AvgIpc) is 3.13. The molecule has 0 aliphatic carbocycles. The first-order chi connectivity index (χ1) is 11.9. The summed E-state index contributed by atoms with van der Waals surface area (Å²) >= 11 is 1.50. The van der Waals surface area contributed by atoms with Crippen molar-refractivity contribution in [3.63, 3.8) is 0 Å². The Morgan fingerprint density at radius 3 is 2.80 bits per heavy atom. The topological polar surface area (TPSA) is 99.8 Å². The van der Waals surface area contributed by atoms with Crippen molar-refractivity contribution in [1.29, 1.82) is 0 Å². The van der Waals surface area contributed by atoms with Crippen LogP contribution in [0.2, 0.25) is 0 Å². The van der Waals surface area contributed by atoms with Gasteiger partial charge in [0.15, 0.2) is 5.96 Å². The number of nitrogens with zero attached hydrogens (tertiary/aromatic N) is 2. The van der Waals surface area contributed by atoms with E-state index in [0.717, 1.165) is 10.4 Å². The van der Waals surface area contributed by atoms with Gasteiger partial charge in [-0.3, -0.25) is 10.1 Å². The van der Waals surface area contributed by atoms with E-state index in [1.54, 1.807) is 19.1 Å². The van der Waals surface area contributed by atoms with Crippen LogP contribution in [0.3, 0.4) is 0 Å². The predicted octanol–water partition coefficient (Wildman–Crippen LogP) is 2.62. The van der Waals surface area contributed by atoms with Crippen LogP contribution in [0.25, 0.3) is 0 Å². The van der Waals surface area contributed by atoms with E-state index in [9.17, 15) is 15.2 Å². The quantitative estimate of drug-likeness (QED) is 0.304. The summed E-state index contributed by atoms with van der Waals surface area (Å²) < 4.78 is 0. The second kappa shape index (κ2) is 8.59. The molecule has 3 N–H and O–H groups in total. The number of hydrogen-bond acceptors (Lipinski definition) is 5. The largest absolute Gasteiger partial charge is 0.383 e. The van der Waals surface area contributed by atoms with Gasteiger partial charge in [-0.25, -0.2) is 4.99 Å². The summed E-state index contributed by atoms with van der Waals surface area (Å²) in [5.74, 6) is 0.547. The van der Waals surface area contributed by atoms with Gasteiger partial charge in [0.1, 0.15) is 5.60 Å². The number of guanidine groups is 1. The molecule has 25 heavy (non-hydrogen) atoms. The Labute approximate surface area is 150 Å². The van der Waals surface area contributed by atoms with E-state index >= 15 is 0 Å². The van der Waals surface area contributed by atoms with Gasteiger partial charge in [-0.1, -0.05) is 18.2 Å². The Morgan fingerprint density at radius 1 is 1.36 bits per heavy atom. The molecule has 2 rings (SSSR count). The van der Waals surface area contributed by atoms with Crippen molar-refractivity contribution in [1.82, 2.24) is 10.6 Å². The first-order valence-electron chi connectivity index (χ1n) is 7.94. The molecule has 1 aromatic carbocycles. The lowest BCUT2D eigenvalue weighted by Gasteiger charge is -2.23. The average molecular weight is 362 g/mol. The maximum atomic E-state index is 10.8. The Kier molecular flexibility index (Phi) is 6.49. The molecule has 134 valence electrons. The number of non-ortho nitro benzene ring substituents is 1. The minimum Gasteiger partial charge on any atom is -0.383 e. The molecule has 1 unspecified atom stereocenters. The van der Waals surface area contributed by atoms with Gasteiger partial charge in [-0.15, -0.1) is 11.3 Å². The van der Waals surface area contributed by atoms with Gasteiger partial charge in [-0.2, -0.15) is 0 Å². The van der Waals surface area contributed by atoms with Crippen molar-refractivity contribution >= 4 is 23.0 Å². The van der Waals surface area contributed by atoms with Crippen molar-refractivity contribution in [2.75, 3.05) is 13.1 Å². The second-order valence-electron chi connectivity index (χ2n) is 5.73. The smallest absolute Gasteiger partial charge is 0.269 e. The van der Waals surface area contributed by atoms with Gasteiger partial charge >= 0.3 is 0 Å². The summed E-state index contributed by atoms with van der Waals surface area (Å²) in [6.07, 6.45) is 0. The molecule has 1 aromatic heterocycles. The molecule has 1 atom stereocenters. The maximum Gasteiger partial charge on any atom is 0.269 e. The Bertz CT molecular complexity index is 729. The lowest BCUT2D eigenvalue weighted by Crippen LogP contribution is -2.44. The second-order valence-corrected chi connectivity index (χ2v) is 6.67. The summed E-state index contributed by atoms with van der Waals surface area (Å²) in [7, 11) is 0. The summed E-state index contributed by atoms with van der Waals surface area (Å²) in [5, 5.41) is 29.5. The number of hydrogen-bond donors (Lipinski definition) is 3. The predicted molar refractivity (Wildman–Crippen MR) is 99.8 cm³/mol. The standard InChI is InChI=1S/C17H22N4O3S/c1-3-18-16(20-12-17(2,22)15-8-5-9-25-15)19-11-13-6-4-7-14(10-13)21(23)24/h4-10,22H,3,11-12H2,1-2H3,(H2,18,19,20). The number of nitro groups is 1. The highest BCUT2D eigenvalue weighted by atomic mass is 32.1. The monoisotopic (exact) mass is 362 g/mol. The van der Waals surface area contributed by atoms with Gasteiger partial charge in [0.2, 0.25) is 0 Å². The molecule has 0 spiro atoms. The fraction of sp³-hybridized carbons (Fsp3) is 0.353. The number of aliphatic imine (C=N–C) groups is 1. The Balaban J connectivity index is 2.03. The number of thiophene rings is 1. The zero-order chi connectivity index (χ0) is 18.3. The van der Waals surface area contributed by atoms with Crippen LogP contribution in [0.1, 0.15) is 24.3 Å². The van der Waals surface area contributed by atoms with E-state index in [0.29, 0.717) is 25.6 Å². The SMILES string of the molecule is CCNC(=NCc1cccc([N+](=O)[O-])c1)NCC(C)(O)c1cccs1. The highest BCUT2D eigenvalue weighted by Gasteiger charge is 2.24. The molecular weight excluding hydrogens is 340 g/mol. The normalized spacial score (nSPS) is 14.0. The van der Waals surface area contributed by atoms with E-state index in [2.05, 4.69) is 15.6 Å². The summed E-state index contributed by atoms with van der Waals surface area (Å²) in [4.78, 5) is 15.7. The van der Waals surface area contributed by atoms with Gasteiger partial charge in [0.05, 0.1) is 18.0 Å². The van der Waals surface area contributed by atoms with Crippen molar-refractivity contribution in [2.45, 2.75) is 26.0 Å². The van der Waals surface area contributed by atoms with Crippen molar-refractivity contribution in [3.8, 4) is 0 Å². The van der Waals surface area contributed by atoms with Crippen LogP contribution in [-0.2, 0) is 12.1 Å². The van der Waals surface area contributed by atoms with Crippen molar-refractivity contribution in [2.24, 2.45) is 4.99 Å². The van der Waals surface area contributed by atoms with Crippen molar-refractivity contribution < 1.29 is 10.0 Å². The van der Waals surface area contributed by atoms with Gasteiger partial charge in [-0.05, 0) is 30.9 Å². The van der Waals surface area contributed by atoms with Crippen LogP contribution in [0.5, 0.6) is 0 Å². The molecule has 0 fully saturated rings.